The van der Waals surface area contributed by atoms with Crippen molar-refractivity contribution in [3.8, 4) is 0 Å². The third-order valence-electron chi connectivity index (χ3n) is 4.71. The molecule has 0 spiro atoms. The molecule has 1 aliphatic heterocycles. The highest BCUT2D eigenvalue weighted by molar-refractivity contribution is 5.85. The van der Waals surface area contributed by atoms with Crippen LogP contribution in [0.15, 0.2) is 30.3 Å². The Labute approximate surface area is 150 Å². The van der Waals surface area contributed by atoms with Crippen LogP contribution in [0.1, 0.15) is 31.4 Å². The summed E-state index contributed by atoms with van der Waals surface area (Å²) in [6.45, 7) is 3.15. The number of carbonyl (C=O) groups excluding carboxylic acids is 2. The van der Waals surface area contributed by atoms with Crippen LogP contribution in [0.25, 0.3) is 0 Å². The molecule has 2 atom stereocenters. The van der Waals surface area contributed by atoms with Crippen molar-refractivity contribution in [2.24, 2.45) is 17.6 Å². The third-order valence-corrected chi connectivity index (χ3v) is 4.71. The Balaban J connectivity index is 0.00000288. The van der Waals surface area contributed by atoms with Gasteiger partial charge in [-0.3, -0.25) is 9.59 Å². The number of likely N-dealkylation sites (tertiary alicyclic amines) is 1. The highest BCUT2D eigenvalue weighted by atomic mass is 35.5. The standard InChI is InChI=1S/C18H27N3O2.ClH/c1-13(16(19)14-7-5-4-6-8-14)17(22)21-11-9-15(10-12-21)18(23)20(2)3;/h4-8,13,15-16H,9-12,19H2,1-3H3;1H. The number of hydrogen-bond acceptors (Lipinski definition) is 3. The van der Waals surface area contributed by atoms with Gasteiger partial charge in [-0.05, 0) is 18.4 Å². The maximum absolute atomic E-state index is 12.7. The van der Waals surface area contributed by atoms with Gasteiger partial charge in [-0.1, -0.05) is 37.3 Å². The average Bonchev–Trinajstić information content (AvgIpc) is 2.60. The average molecular weight is 354 g/mol. The molecule has 1 aromatic carbocycles. The zero-order valence-electron chi connectivity index (χ0n) is 14.6. The highest BCUT2D eigenvalue weighted by Crippen LogP contribution is 2.25. The van der Waals surface area contributed by atoms with E-state index in [2.05, 4.69) is 0 Å². The molecule has 1 heterocycles. The summed E-state index contributed by atoms with van der Waals surface area (Å²) in [5.74, 6) is 0.00823. The smallest absolute Gasteiger partial charge is 0.227 e. The second-order valence-electron chi connectivity index (χ2n) is 6.56. The van der Waals surface area contributed by atoms with Crippen LogP contribution in [0.2, 0.25) is 0 Å². The Hall–Kier alpha value is -1.59. The third kappa shape index (κ3) is 4.71. The number of carbonyl (C=O) groups is 2. The Kier molecular flexibility index (Phi) is 7.70. The van der Waals surface area contributed by atoms with Gasteiger partial charge in [0.2, 0.25) is 11.8 Å². The van der Waals surface area contributed by atoms with Gasteiger partial charge in [0, 0.05) is 39.1 Å². The number of nitrogens with two attached hydrogens (primary N) is 1. The number of rotatable bonds is 4. The largest absolute Gasteiger partial charge is 0.349 e. The van der Waals surface area contributed by atoms with Crippen molar-refractivity contribution in [3.63, 3.8) is 0 Å². The molecule has 1 aliphatic rings. The number of nitrogens with zero attached hydrogens (tertiary/aromatic N) is 2. The zero-order valence-corrected chi connectivity index (χ0v) is 15.5. The van der Waals surface area contributed by atoms with Crippen molar-refractivity contribution in [2.75, 3.05) is 27.2 Å². The van der Waals surface area contributed by atoms with Gasteiger partial charge < -0.3 is 15.5 Å². The number of piperidine rings is 1. The van der Waals surface area contributed by atoms with Gasteiger partial charge >= 0.3 is 0 Å². The lowest BCUT2D eigenvalue weighted by Crippen LogP contribution is -2.46. The lowest BCUT2D eigenvalue weighted by molar-refractivity contribution is -0.141. The monoisotopic (exact) mass is 353 g/mol. The van der Waals surface area contributed by atoms with Crippen molar-refractivity contribution < 1.29 is 9.59 Å². The molecule has 0 aromatic heterocycles. The minimum Gasteiger partial charge on any atom is -0.349 e. The lowest BCUT2D eigenvalue weighted by Gasteiger charge is -2.35. The maximum Gasteiger partial charge on any atom is 0.227 e. The van der Waals surface area contributed by atoms with Gasteiger partial charge in [0.15, 0.2) is 0 Å². The van der Waals surface area contributed by atoms with E-state index in [9.17, 15) is 9.59 Å². The fraction of sp³-hybridized carbons (Fsp3) is 0.556. The molecule has 134 valence electrons. The molecule has 2 amide bonds. The molecule has 0 aliphatic carbocycles. The van der Waals surface area contributed by atoms with Gasteiger partial charge in [0.1, 0.15) is 0 Å². The molecule has 24 heavy (non-hydrogen) atoms. The number of halogens is 1. The van der Waals surface area contributed by atoms with Crippen LogP contribution in [-0.4, -0.2) is 48.8 Å². The van der Waals surface area contributed by atoms with E-state index in [1.807, 2.05) is 42.2 Å². The van der Waals surface area contributed by atoms with Crippen LogP contribution in [0.5, 0.6) is 0 Å². The van der Waals surface area contributed by atoms with Gasteiger partial charge in [-0.25, -0.2) is 0 Å². The van der Waals surface area contributed by atoms with Crippen LogP contribution < -0.4 is 5.73 Å². The van der Waals surface area contributed by atoms with Crippen molar-refractivity contribution in [3.05, 3.63) is 35.9 Å². The second kappa shape index (κ2) is 9.04. The normalized spacial score (nSPS) is 17.6. The Morgan fingerprint density at radius 3 is 2.21 bits per heavy atom. The fourth-order valence-electron chi connectivity index (χ4n) is 3.12. The summed E-state index contributed by atoms with van der Waals surface area (Å²) in [6.07, 6.45) is 1.46. The van der Waals surface area contributed by atoms with E-state index >= 15 is 0 Å². The Morgan fingerprint density at radius 1 is 1.17 bits per heavy atom. The first-order valence-electron chi connectivity index (χ1n) is 8.22. The summed E-state index contributed by atoms with van der Waals surface area (Å²) in [5.41, 5.74) is 7.23. The Morgan fingerprint density at radius 2 is 1.71 bits per heavy atom. The maximum atomic E-state index is 12.7. The van der Waals surface area contributed by atoms with Gasteiger partial charge in [-0.15, -0.1) is 12.4 Å². The van der Waals surface area contributed by atoms with Crippen LogP contribution >= 0.6 is 12.4 Å². The van der Waals surface area contributed by atoms with Gasteiger partial charge in [0.05, 0.1) is 5.92 Å². The molecule has 1 fully saturated rings. The molecule has 0 bridgehead atoms. The molecule has 0 saturated carbocycles. The molecule has 2 N–H and O–H groups in total. The van der Waals surface area contributed by atoms with E-state index in [0.29, 0.717) is 13.1 Å². The van der Waals surface area contributed by atoms with Crippen molar-refractivity contribution in [1.82, 2.24) is 9.80 Å². The van der Waals surface area contributed by atoms with E-state index in [1.165, 1.54) is 0 Å². The highest BCUT2D eigenvalue weighted by Gasteiger charge is 2.32. The number of benzene rings is 1. The summed E-state index contributed by atoms with van der Waals surface area (Å²) < 4.78 is 0. The van der Waals surface area contributed by atoms with E-state index in [1.54, 1.807) is 19.0 Å². The van der Waals surface area contributed by atoms with Crippen molar-refractivity contribution in [2.45, 2.75) is 25.8 Å². The molecule has 6 heteroatoms. The first-order valence-corrected chi connectivity index (χ1v) is 8.22. The summed E-state index contributed by atoms with van der Waals surface area (Å²) in [4.78, 5) is 28.2. The number of amides is 2. The van der Waals surface area contributed by atoms with Crippen molar-refractivity contribution >= 4 is 24.2 Å². The predicted molar refractivity (Wildman–Crippen MR) is 97.8 cm³/mol. The second-order valence-corrected chi connectivity index (χ2v) is 6.56. The molecule has 1 aromatic rings. The van der Waals surface area contributed by atoms with E-state index in [-0.39, 0.29) is 42.1 Å². The van der Waals surface area contributed by atoms with Crippen molar-refractivity contribution in [1.29, 1.82) is 0 Å². The van der Waals surface area contributed by atoms with E-state index in [0.717, 1.165) is 18.4 Å². The lowest BCUT2D eigenvalue weighted by atomic mass is 9.91. The predicted octanol–water partition coefficient (Wildman–Crippen LogP) is 2.07. The molecular weight excluding hydrogens is 326 g/mol. The van der Waals surface area contributed by atoms with Crippen LogP contribution in [-0.2, 0) is 9.59 Å². The SMILES string of the molecule is CC(C(=O)N1CCC(C(=O)N(C)C)CC1)C(N)c1ccccc1.Cl. The Bertz CT molecular complexity index is 542. The van der Waals surface area contributed by atoms with Crippen LogP contribution in [0.3, 0.4) is 0 Å². The summed E-state index contributed by atoms with van der Waals surface area (Å²) in [7, 11) is 3.56. The fourth-order valence-corrected chi connectivity index (χ4v) is 3.12. The molecule has 1 saturated heterocycles. The van der Waals surface area contributed by atoms with E-state index < -0.39 is 0 Å². The molecule has 5 nitrogen and oxygen atoms in total. The quantitative estimate of drug-likeness (QED) is 0.901. The molecular formula is C18H28ClN3O2. The topological polar surface area (TPSA) is 66.6 Å². The van der Waals surface area contributed by atoms with Crippen LogP contribution in [0.4, 0.5) is 0 Å². The first kappa shape index (κ1) is 20.5. The summed E-state index contributed by atoms with van der Waals surface area (Å²) in [5, 5.41) is 0. The minimum atomic E-state index is -0.301. The molecule has 0 radical (unpaired) electrons. The van der Waals surface area contributed by atoms with Crippen LogP contribution in [0, 0.1) is 11.8 Å². The van der Waals surface area contributed by atoms with E-state index in [4.69, 9.17) is 5.73 Å². The molecule has 2 rings (SSSR count). The van der Waals surface area contributed by atoms with Gasteiger partial charge in [-0.2, -0.15) is 0 Å². The summed E-state index contributed by atoms with van der Waals surface area (Å²) in [6, 6.07) is 9.42. The molecule has 2 unspecified atom stereocenters. The summed E-state index contributed by atoms with van der Waals surface area (Å²) >= 11 is 0. The number of hydrogen-bond donors (Lipinski definition) is 1. The first-order chi connectivity index (χ1) is 10.9. The minimum absolute atomic E-state index is 0. The van der Waals surface area contributed by atoms with Gasteiger partial charge in [0.25, 0.3) is 0 Å². The zero-order chi connectivity index (χ0) is 17.0.